The number of hydrogen-bond acceptors (Lipinski definition) is 4. The zero-order chi connectivity index (χ0) is 15.2. The predicted octanol–water partition coefficient (Wildman–Crippen LogP) is 0.857. The Balaban J connectivity index is 1.96. The van der Waals surface area contributed by atoms with E-state index in [0.29, 0.717) is 26.1 Å². The van der Waals surface area contributed by atoms with Crippen LogP contribution in [0.15, 0.2) is 30.3 Å². The first kappa shape index (κ1) is 15.8. The molecule has 1 aliphatic heterocycles. The molecule has 2 atom stereocenters. The number of rotatable bonds is 7. The van der Waals surface area contributed by atoms with Gasteiger partial charge in [-0.1, -0.05) is 18.2 Å². The third kappa shape index (κ3) is 4.72. The summed E-state index contributed by atoms with van der Waals surface area (Å²) < 4.78 is 0. The summed E-state index contributed by atoms with van der Waals surface area (Å²) in [6, 6.07) is 9.71. The van der Waals surface area contributed by atoms with Crippen LogP contribution in [0.4, 0.5) is 5.69 Å². The van der Waals surface area contributed by atoms with Gasteiger partial charge < -0.3 is 20.0 Å². The molecule has 116 valence electrons. The van der Waals surface area contributed by atoms with E-state index in [1.807, 2.05) is 35.2 Å². The van der Waals surface area contributed by atoms with Crippen molar-refractivity contribution in [2.24, 2.45) is 0 Å². The average molecular weight is 292 g/mol. The summed E-state index contributed by atoms with van der Waals surface area (Å²) in [7, 11) is 0. The number of anilines is 1. The van der Waals surface area contributed by atoms with Crippen molar-refractivity contribution in [2.45, 2.75) is 32.0 Å². The second kappa shape index (κ2) is 7.43. The molecule has 1 aromatic carbocycles. The molecule has 1 amide bonds. The molecular weight excluding hydrogens is 268 g/mol. The maximum atomic E-state index is 11.6. The van der Waals surface area contributed by atoms with Gasteiger partial charge in [-0.25, -0.2) is 0 Å². The van der Waals surface area contributed by atoms with Crippen molar-refractivity contribution in [2.75, 3.05) is 31.1 Å². The first-order valence-electron chi connectivity index (χ1n) is 7.50. The summed E-state index contributed by atoms with van der Waals surface area (Å²) >= 11 is 0. The van der Waals surface area contributed by atoms with Crippen LogP contribution in [-0.4, -0.2) is 59.4 Å². The predicted molar refractivity (Wildman–Crippen MR) is 82.2 cm³/mol. The van der Waals surface area contributed by atoms with Gasteiger partial charge in [0, 0.05) is 38.3 Å². The van der Waals surface area contributed by atoms with Gasteiger partial charge in [-0.05, 0) is 25.5 Å². The van der Waals surface area contributed by atoms with E-state index in [4.69, 9.17) is 0 Å². The average Bonchev–Trinajstić information content (AvgIpc) is 2.84. The molecule has 2 rings (SSSR count). The van der Waals surface area contributed by atoms with Gasteiger partial charge in [0.1, 0.15) is 0 Å². The monoisotopic (exact) mass is 292 g/mol. The molecule has 2 N–H and O–H groups in total. The lowest BCUT2D eigenvalue weighted by Crippen LogP contribution is -2.43. The third-order valence-electron chi connectivity index (χ3n) is 3.64. The summed E-state index contributed by atoms with van der Waals surface area (Å²) in [5.74, 6) is 0.121. The Morgan fingerprint density at radius 1 is 1.24 bits per heavy atom. The van der Waals surface area contributed by atoms with Crippen LogP contribution < -0.4 is 4.90 Å². The highest BCUT2D eigenvalue weighted by atomic mass is 16.3. The van der Waals surface area contributed by atoms with E-state index in [1.165, 1.54) is 0 Å². The van der Waals surface area contributed by atoms with E-state index in [2.05, 4.69) is 0 Å². The van der Waals surface area contributed by atoms with Gasteiger partial charge >= 0.3 is 0 Å². The lowest BCUT2D eigenvalue weighted by molar-refractivity contribution is -0.128. The van der Waals surface area contributed by atoms with Gasteiger partial charge in [0.05, 0.1) is 12.2 Å². The zero-order valence-electron chi connectivity index (χ0n) is 12.5. The molecule has 0 spiro atoms. The van der Waals surface area contributed by atoms with Crippen LogP contribution in [0.1, 0.15) is 19.8 Å². The van der Waals surface area contributed by atoms with Crippen molar-refractivity contribution in [3.05, 3.63) is 30.3 Å². The number of likely N-dealkylation sites (tertiary alicyclic amines) is 1. The van der Waals surface area contributed by atoms with Crippen molar-refractivity contribution < 1.29 is 15.0 Å². The van der Waals surface area contributed by atoms with E-state index < -0.39 is 12.2 Å². The maximum Gasteiger partial charge on any atom is 0.222 e. The third-order valence-corrected chi connectivity index (χ3v) is 3.64. The van der Waals surface area contributed by atoms with Crippen LogP contribution in [0.3, 0.4) is 0 Å². The van der Waals surface area contributed by atoms with Crippen LogP contribution in [0.25, 0.3) is 0 Å². The van der Waals surface area contributed by atoms with Crippen LogP contribution in [0.2, 0.25) is 0 Å². The number of hydrogen-bond donors (Lipinski definition) is 2. The van der Waals surface area contributed by atoms with Gasteiger partial charge in [0.25, 0.3) is 0 Å². The second-order valence-corrected chi connectivity index (χ2v) is 5.69. The van der Waals surface area contributed by atoms with Gasteiger partial charge in [-0.2, -0.15) is 0 Å². The molecule has 21 heavy (non-hydrogen) atoms. The van der Waals surface area contributed by atoms with Crippen molar-refractivity contribution in [3.8, 4) is 0 Å². The van der Waals surface area contributed by atoms with Crippen molar-refractivity contribution >= 4 is 11.6 Å². The topological polar surface area (TPSA) is 64.0 Å². The van der Waals surface area contributed by atoms with E-state index in [0.717, 1.165) is 18.7 Å². The Kier molecular flexibility index (Phi) is 5.59. The molecule has 5 heteroatoms. The number of aliphatic hydroxyl groups excluding tert-OH is 2. The number of para-hydroxylation sites is 1. The number of amides is 1. The second-order valence-electron chi connectivity index (χ2n) is 5.69. The molecule has 1 aliphatic rings. The van der Waals surface area contributed by atoms with Gasteiger partial charge in [0.2, 0.25) is 5.91 Å². The molecule has 1 saturated heterocycles. The van der Waals surface area contributed by atoms with E-state index in [9.17, 15) is 15.0 Å². The molecular formula is C16H24N2O3. The number of carbonyl (C=O) groups excluding carboxylic acids is 1. The van der Waals surface area contributed by atoms with Crippen molar-refractivity contribution in [1.82, 2.24) is 4.90 Å². The van der Waals surface area contributed by atoms with Gasteiger partial charge in [0.15, 0.2) is 0 Å². The Morgan fingerprint density at radius 2 is 1.95 bits per heavy atom. The molecule has 1 aromatic rings. The Bertz CT molecular complexity index is 450. The summed E-state index contributed by atoms with van der Waals surface area (Å²) in [6.45, 7) is 3.68. The lowest BCUT2D eigenvalue weighted by Gasteiger charge is -2.30. The minimum Gasteiger partial charge on any atom is -0.392 e. The van der Waals surface area contributed by atoms with Gasteiger partial charge in [-0.15, -0.1) is 0 Å². The van der Waals surface area contributed by atoms with Crippen LogP contribution >= 0.6 is 0 Å². The molecule has 1 heterocycles. The lowest BCUT2D eigenvalue weighted by atomic mass is 10.2. The normalized spacial score (nSPS) is 17.9. The smallest absolute Gasteiger partial charge is 0.222 e. The highest BCUT2D eigenvalue weighted by Crippen LogP contribution is 2.16. The SMILES string of the molecule is C[C@H](O)CN(C[C@H](O)CN1CCCC1=O)c1ccccc1. The Morgan fingerprint density at radius 3 is 2.52 bits per heavy atom. The number of benzene rings is 1. The standard InChI is InChI=1S/C16H24N2O3/c1-13(19)10-18(14-6-3-2-4-7-14)12-15(20)11-17-9-5-8-16(17)21/h2-4,6-7,13,15,19-20H,5,8-12H2,1H3/t13-,15+/m0/s1. The molecule has 0 radical (unpaired) electrons. The van der Waals surface area contributed by atoms with Crippen molar-refractivity contribution in [3.63, 3.8) is 0 Å². The summed E-state index contributed by atoms with van der Waals surface area (Å²) in [5, 5.41) is 19.9. The number of β-amino-alcohol motifs (C(OH)–C–C–N with tert-alkyl or cyclic N) is 1. The molecule has 1 fully saturated rings. The highest BCUT2D eigenvalue weighted by Gasteiger charge is 2.24. The fourth-order valence-corrected chi connectivity index (χ4v) is 2.71. The van der Waals surface area contributed by atoms with E-state index in [-0.39, 0.29) is 5.91 Å². The number of nitrogens with zero attached hydrogens (tertiary/aromatic N) is 2. The van der Waals surface area contributed by atoms with Crippen LogP contribution in [0.5, 0.6) is 0 Å². The van der Waals surface area contributed by atoms with E-state index in [1.54, 1.807) is 11.8 Å². The number of aliphatic hydroxyl groups is 2. The summed E-state index contributed by atoms with van der Waals surface area (Å²) in [5.41, 5.74) is 0.963. The Labute approximate surface area is 125 Å². The number of carbonyl (C=O) groups is 1. The minimum absolute atomic E-state index is 0.121. The highest BCUT2D eigenvalue weighted by molar-refractivity contribution is 5.78. The molecule has 5 nitrogen and oxygen atoms in total. The van der Waals surface area contributed by atoms with Gasteiger partial charge in [-0.3, -0.25) is 4.79 Å². The molecule has 0 aliphatic carbocycles. The largest absolute Gasteiger partial charge is 0.392 e. The maximum absolute atomic E-state index is 11.6. The minimum atomic E-state index is -0.619. The summed E-state index contributed by atoms with van der Waals surface area (Å²) in [6.07, 6.45) is 0.363. The van der Waals surface area contributed by atoms with Crippen LogP contribution in [0, 0.1) is 0 Å². The van der Waals surface area contributed by atoms with Crippen molar-refractivity contribution in [1.29, 1.82) is 0 Å². The molecule has 0 bridgehead atoms. The van der Waals surface area contributed by atoms with E-state index >= 15 is 0 Å². The molecule has 0 saturated carbocycles. The first-order valence-corrected chi connectivity index (χ1v) is 7.50. The molecule has 0 aromatic heterocycles. The molecule has 0 unspecified atom stereocenters. The first-order chi connectivity index (χ1) is 10.1. The summed E-state index contributed by atoms with van der Waals surface area (Å²) in [4.78, 5) is 15.3. The quantitative estimate of drug-likeness (QED) is 0.782. The zero-order valence-corrected chi connectivity index (χ0v) is 12.5. The van der Waals surface area contributed by atoms with Crippen LogP contribution in [-0.2, 0) is 4.79 Å². The fourth-order valence-electron chi connectivity index (χ4n) is 2.71. The Hall–Kier alpha value is -1.59. The fraction of sp³-hybridized carbons (Fsp3) is 0.562.